The van der Waals surface area contributed by atoms with Gasteiger partial charge in [0.25, 0.3) is 0 Å². The normalized spacial score (nSPS) is 20.3. The van der Waals surface area contributed by atoms with Crippen LogP contribution in [0.5, 0.6) is 11.5 Å². The molecule has 124 valence electrons. The van der Waals surface area contributed by atoms with Crippen LogP contribution in [0.4, 0.5) is 11.5 Å². The lowest BCUT2D eigenvalue weighted by molar-refractivity contribution is 0.171. The van der Waals surface area contributed by atoms with Gasteiger partial charge in [-0.2, -0.15) is 0 Å². The Labute approximate surface area is 141 Å². The van der Waals surface area contributed by atoms with E-state index >= 15 is 0 Å². The fourth-order valence-corrected chi connectivity index (χ4v) is 3.99. The summed E-state index contributed by atoms with van der Waals surface area (Å²) in [7, 11) is 2.16. The van der Waals surface area contributed by atoms with Crippen LogP contribution >= 0.6 is 0 Å². The Balaban J connectivity index is 1.39. The lowest BCUT2D eigenvalue weighted by Gasteiger charge is -2.25. The van der Waals surface area contributed by atoms with E-state index in [1.54, 1.807) is 0 Å². The molecule has 5 rings (SSSR count). The van der Waals surface area contributed by atoms with Crippen molar-refractivity contribution in [3.05, 3.63) is 41.1 Å². The Morgan fingerprint density at radius 2 is 2.04 bits per heavy atom. The maximum absolute atomic E-state index is 5.66. The molecule has 0 saturated carbocycles. The van der Waals surface area contributed by atoms with E-state index in [0.29, 0.717) is 13.2 Å². The Bertz CT molecular complexity index is 838. The van der Waals surface area contributed by atoms with Crippen molar-refractivity contribution in [3.63, 3.8) is 0 Å². The van der Waals surface area contributed by atoms with E-state index in [9.17, 15) is 0 Å². The minimum atomic E-state index is 0.0637. The monoisotopic (exact) mass is 323 g/mol. The first kappa shape index (κ1) is 13.8. The van der Waals surface area contributed by atoms with Gasteiger partial charge < -0.3 is 24.7 Å². The largest absolute Gasteiger partial charge is 0.486 e. The number of hydrogen-bond acceptors (Lipinski definition) is 4. The third-order valence-corrected chi connectivity index (χ3v) is 5.12. The average Bonchev–Trinajstić information content (AvgIpc) is 3.19. The van der Waals surface area contributed by atoms with Gasteiger partial charge in [0.05, 0.1) is 0 Å². The topological polar surface area (TPSA) is 47.5 Å². The number of benzene rings is 1. The quantitative estimate of drug-likeness (QED) is 0.891. The average molecular weight is 323 g/mol. The van der Waals surface area contributed by atoms with Gasteiger partial charge in [-0.25, -0.2) is 0 Å². The first-order valence-corrected chi connectivity index (χ1v) is 8.61. The van der Waals surface area contributed by atoms with Crippen LogP contribution in [-0.4, -0.2) is 23.9 Å². The number of hydrogen-bond donors (Lipinski definition) is 2. The van der Waals surface area contributed by atoms with Crippen LogP contribution in [0.2, 0.25) is 0 Å². The van der Waals surface area contributed by atoms with Crippen molar-refractivity contribution in [1.29, 1.82) is 0 Å². The molecule has 1 atom stereocenters. The predicted molar refractivity (Wildman–Crippen MR) is 94.9 cm³/mol. The highest BCUT2D eigenvalue weighted by molar-refractivity contribution is 5.75. The van der Waals surface area contributed by atoms with E-state index in [1.165, 1.54) is 41.9 Å². The third kappa shape index (κ3) is 2.08. The van der Waals surface area contributed by atoms with E-state index in [1.807, 2.05) is 18.2 Å². The number of anilines is 2. The molecule has 3 aliphatic rings. The summed E-state index contributed by atoms with van der Waals surface area (Å²) in [5.74, 6) is 2.85. The molecule has 2 aromatic rings. The smallest absolute Gasteiger partial charge is 0.163 e. The third-order valence-electron chi connectivity index (χ3n) is 5.12. The van der Waals surface area contributed by atoms with Crippen LogP contribution in [0.1, 0.15) is 23.2 Å². The van der Waals surface area contributed by atoms with Crippen LogP contribution in [-0.2, 0) is 19.9 Å². The SMILES string of the molecule is Cn1c2c(c3c1NC(Nc1ccc4c(c1)OCCO4)C=C3)CCC2. The highest BCUT2D eigenvalue weighted by atomic mass is 16.6. The molecule has 2 aliphatic heterocycles. The molecule has 0 radical (unpaired) electrons. The van der Waals surface area contributed by atoms with Gasteiger partial charge >= 0.3 is 0 Å². The van der Waals surface area contributed by atoms with E-state index in [4.69, 9.17) is 9.47 Å². The summed E-state index contributed by atoms with van der Waals surface area (Å²) < 4.78 is 13.6. The number of rotatable bonds is 2. The van der Waals surface area contributed by atoms with Gasteiger partial charge in [0.1, 0.15) is 25.2 Å². The summed E-state index contributed by atoms with van der Waals surface area (Å²) in [4.78, 5) is 0. The molecule has 0 spiro atoms. The van der Waals surface area contributed by atoms with Crippen LogP contribution in [0.25, 0.3) is 6.08 Å². The van der Waals surface area contributed by atoms with Gasteiger partial charge in [-0.05, 0) is 43.0 Å². The van der Waals surface area contributed by atoms with Gasteiger partial charge in [0, 0.05) is 30.1 Å². The molecule has 3 heterocycles. The van der Waals surface area contributed by atoms with Crippen molar-refractivity contribution < 1.29 is 9.47 Å². The summed E-state index contributed by atoms with van der Waals surface area (Å²) in [5.41, 5.74) is 5.39. The predicted octanol–water partition coefficient (Wildman–Crippen LogP) is 3.16. The first-order chi connectivity index (χ1) is 11.8. The molecular formula is C19H21N3O2. The number of ether oxygens (including phenoxy) is 2. The Hall–Kier alpha value is -2.56. The minimum Gasteiger partial charge on any atom is -0.486 e. The zero-order valence-corrected chi connectivity index (χ0v) is 13.8. The molecule has 1 unspecified atom stereocenters. The van der Waals surface area contributed by atoms with Crippen molar-refractivity contribution in [3.8, 4) is 11.5 Å². The molecule has 5 nitrogen and oxygen atoms in total. The highest BCUT2D eigenvalue weighted by Crippen LogP contribution is 2.37. The Morgan fingerprint density at radius 3 is 2.96 bits per heavy atom. The van der Waals surface area contributed by atoms with Crippen LogP contribution in [0, 0.1) is 0 Å². The van der Waals surface area contributed by atoms with Crippen molar-refractivity contribution in [2.24, 2.45) is 7.05 Å². The summed E-state index contributed by atoms with van der Waals surface area (Å²) >= 11 is 0. The summed E-state index contributed by atoms with van der Waals surface area (Å²) in [6, 6.07) is 6.00. The number of aromatic nitrogens is 1. The van der Waals surface area contributed by atoms with E-state index in [2.05, 4.69) is 34.4 Å². The molecule has 1 aromatic heterocycles. The fourth-order valence-electron chi connectivity index (χ4n) is 3.99. The summed E-state index contributed by atoms with van der Waals surface area (Å²) in [6.45, 7) is 1.23. The number of nitrogens with zero attached hydrogens (tertiary/aromatic N) is 1. The second-order valence-corrected chi connectivity index (χ2v) is 6.58. The number of fused-ring (bicyclic) bond motifs is 4. The lowest BCUT2D eigenvalue weighted by Crippen LogP contribution is -2.29. The molecule has 5 heteroatoms. The molecule has 0 amide bonds. The second-order valence-electron chi connectivity index (χ2n) is 6.58. The van der Waals surface area contributed by atoms with E-state index < -0.39 is 0 Å². The van der Waals surface area contributed by atoms with E-state index in [0.717, 1.165) is 17.2 Å². The highest BCUT2D eigenvalue weighted by Gasteiger charge is 2.26. The van der Waals surface area contributed by atoms with Crippen LogP contribution in [0.15, 0.2) is 24.3 Å². The molecule has 2 N–H and O–H groups in total. The van der Waals surface area contributed by atoms with Gasteiger partial charge in [-0.15, -0.1) is 0 Å². The maximum Gasteiger partial charge on any atom is 0.163 e. The minimum absolute atomic E-state index is 0.0637. The molecule has 24 heavy (non-hydrogen) atoms. The van der Waals surface area contributed by atoms with Crippen molar-refractivity contribution in [2.75, 3.05) is 23.8 Å². The van der Waals surface area contributed by atoms with Gasteiger partial charge in [0.2, 0.25) is 0 Å². The Morgan fingerprint density at radius 1 is 1.17 bits per heavy atom. The summed E-state index contributed by atoms with van der Waals surface area (Å²) in [6.07, 6.45) is 8.18. The van der Waals surface area contributed by atoms with Crippen LogP contribution < -0.4 is 20.1 Å². The zero-order chi connectivity index (χ0) is 16.1. The van der Waals surface area contributed by atoms with Crippen LogP contribution in [0.3, 0.4) is 0 Å². The summed E-state index contributed by atoms with van der Waals surface area (Å²) in [5, 5.41) is 7.13. The van der Waals surface area contributed by atoms with Gasteiger partial charge in [0.15, 0.2) is 11.5 Å². The number of nitrogens with one attached hydrogen (secondary N) is 2. The maximum atomic E-state index is 5.66. The molecule has 1 aromatic carbocycles. The molecule has 0 bridgehead atoms. The van der Waals surface area contributed by atoms with Gasteiger partial charge in [-0.1, -0.05) is 6.08 Å². The molecule has 0 fully saturated rings. The van der Waals surface area contributed by atoms with Crippen molar-refractivity contribution in [1.82, 2.24) is 4.57 Å². The molecule has 1 aliphatic carbocycles. The lowest BCUT2D eigenvalue weighted by atomic mass is 10.1. The second kappa shape index (κ2) is 5.23. The van der Waals surface area contributed by atoms with Crippen molar-refractivity contribution in [2.45, 2.75) is 25.4 Å². The zero-order valence-electron chi connectivity index (χ0n) is 13.8. The fraction of sp³-hybridized carbons (Fsp3) is 0.368. The van der Waals surface area contributed by atoms with E-state index in [-0.39, 0.29) is 6.17 Å². The standard InChI is InChI=1S/C19H21N3O2/c1-22-15-4-2-3-13(15)14-6-8-18(21-19(14)22)20-12-5-7-16-17(11-12)24-10-9-23-16/h5-8,11,18,20-21H,2-4,9-10H2,1H3. The van der Waals surface area contributed by atoms with Gasteiger partial charge in [-0.3, -0.25) is 0 Å². The first-order valence-electron chi connectivity index (χ1n) is 8.61. The molecular weight excluding hydrogens is 302 g/mol. The van der Waals surface area contributed by atoms with Crippen molar-refractivity contribution >= 4 is 17.6 Å². The Kier molecular flexibility index (Phi) is 3.01. The molecule has 0 saturated heterocycles.